The Morgan fingerprint density at radius 2 is 1.93 bits per heavy atom. The number of carbonyl (C=O) groups excluding carboxylic acids is 1. The molecule has 0 spiro atoms. The molecule has 1 amide bonds. The maximum atomic E-state index is 13.0. The number of hydrogen-bond acceptors (Lipinski definition) is 6. The molecule has 0 bridgehead atoms. The summed E-state index contributed by atoms with van der Waals surface area (Å²) in [5.41, 5.74) is 2.50. The average Bonchev–Trinajstić information content (AvgIpc) is 3.33. The molecular formula is C20H19N3O4. The van der Waals surface area contributed by atoms with Crippen LogP contribution in [0.3, 0.4) is 0 Å². The predicted octanol–water partition coefficient (Wildman–Crippen LogP) is 3.44. The quantitative estimate of drug-likeness (QED) is 0.689. The Bertz CT molecular complexity index is 983. The van der Waals surface area contributed by atoms with Gasteiger partial charge in [-0.2, -0.15) is 4.98 Å². The van der Waals surface area contributed by atoms with Gasteiger partial charge in [-0.15, -0.1) is 0 Å². The normalized spacial score (nSPS) is 12.2. The fourth-order valence-electron chi connectivity index (χ4n) is 2.99. The van der Waals surface area contributed by atoms with Crippen LogP contribution in [0.15, 0.2) is 47.0 Å². The molecule has 0 radical (unpaired) electrons. The number of nitrogens with zero attached hydrogens (tertiary/aromatic N) is 3. The number of aromatic nitrogens is 2. The van der Waals surface area contributed by atoms with Crippen LogP contribution < -0.4 is 9.47 Å². The van der Waals surface area contributed by atoms with Gasteiger partial charge in [-0.3, -0.25) is 4.79 Å². The van der Waals surface area contributed by atoms with Crippen molar-refractivity contribution in [3.63, 3.8) is 0 Å². The minimum atomic E-state index is -0.0810. The first-order chi connectivity index (χ1) is 13.1. The fraction of sp³-hybridized carbons (Fsp3) is 0.250. The summed E-state index contributed by atoms with van der Waals surface area (Å²) in [6.07, 6.45) is 0. The number of carbonyl (C=O) groups is 1. The van der Waals surface area contributed by atoms with Crippen LogP contribution in [0, 0.1) is 6.92 Å². The van der Waals surface area contributed by atoms with Gasteiger partial charge in [0.1, 0.15) is 0 Å². The van der Waals surface area contributed by atoms with E-state index in [1.54, 1.807) is 11.8 Å². The van der Waals surface area contributed by atoms with Gasteiger partial charge in [-0.1, -0.05) is 23.4 Å². The topological polar surface area (TPSA) is 77.7 Å². The van der Waals surface area contributed by atoms with E-state index in [0.29, 0.717) is 36.1 Å². The van der Waals surface area contributed by atoms with Crippen molar-refractivity contribution < 1.29 is 18.8 Å². The second-order valence-electron chi connectivity index (χ2n) is 6.20. The lowest BCUT2D eigenvalue weighted by Gasteiger charge is -2.19. The van der Waals surface area contributed by atoms with E-state index in [-0.39, 0.29) is 12.7 Å². The first kappa shape index (κ1) is 17.1. The Morgan fingerprint density at radius 3 is 2.70 bits per heavy atom. The molecule has 0 N–H and O–H groups in total. The second kappa shape index (κ2) is 7.11. The Hall–Kier alpha value is -3.35. The summed E-state index contributed by atoms with van der Waals surface area (Å²) in [6.45, 7) is 4.73. The third-order valence-corrected chi connectivity index (χ3v) is 4.39. The number of benzene rings is 2. The van der Waals surface area contributed by atoms with Crippen LogP contribution in [0.2, 0.25) is 0 Å². The molecule has 3 aromatic rings. The molecule has 0 saturated carbocycles. The minimum Gasteiger partial charge on any atom is -0.454 e. The van der Waals surface area contributed by atoms with Crippen LogP contribution in [0.5, 0.6) is 11.5 Å². The number of hydrogen-bond donors (Lipinski definition) is 0. The highest BCUT2D eigenvalue weighted by Crippen LogP contribution is 2.36. The summed E-state index contributed by atoms with van der Waals surface area (Å²) in [5.74, 6) is 2.35. The third kappa shape index (κ3) is 3.48. The molecule has 0 fully saturated rings. The van der Waals surface area contributed by atoms with E-state index in [1.807, 2.05) is 49.4 Å². The number of ether oxygens (including phenoxy) is 2. The summed E-state index contributed by atoms with van der Waals surface area (Å²) < 4.78 is 15.8. The molecule has 138 valence electrons. The van der Waals surface area contributed by atoms with E-state index >= 15 is 0 Å². The summed E-state index contributed by atoms with van der Waals surface area (Å²) in [7, 11) is 0. The van der Waals surface area contributed by atoms with Crippen LogP contribution in [-0.4, -0.2) is 34.3 Å². The first-order valence-corrected chi connectivity index (χ1v) is 8.72. The van der Waals surface area contributed by atoms with Gasteiger partial charge in [0.15, 0.2) is 17.3 Å². The highest BCUT2D eigenvalue weighted by Gasteiger charge is 2.18. The highest BCUT2D eigenvalue weighted by atomic mass is 16.7. The molecule has 0 atom stereocenters. The SMILES string of the molecule is CCN(Cc1noc(C)n1)C(=O)c1cccc(-c2ccc3c(c2)OCO3)c1. The Balaban J connectivity index is 1.58. The van der Waals surface area contributed by atoms with Gasteiger partial charge in [0.25, 0.3) is 5.91 Å². The number of amides is 1. The average molecular weight is 365 g/mol. The van der Waals surface area contributed by atoms with Gasteiger partial charge in [-0.25, -0.2) is 0 Å². The Labute approximate surface area is 156 Å². The van der Waals surface area contributed by atoms with Crippen LogP contribution >= 0.6 is 0 Å². The summed E-state index contributed by atoms with van der Waals surface area (Å²) in [5, 5.41) is 3.87. The minimum absolute atomic E-state index is 0.0810. The molecule has 1 aliphatic rings. The Morgan fingerprint density at radius 1 is 1.11 bits per heavy atom. The molecule has 0 aliphatic carbocycles. The maximum absolute atomic E-state index is 13.0. The standard InChI is InChI=1S/C20H19N3O4/c1-3-23(11-19-21-13(2)27-22-19)20(24)16-6-4-5-14(9-16)15-7-8-17-18(10-15)26-12-25-17/h4-10H,3,11-12H2,1-2H3. The largest absolute Gasteiger partial charge is 0.454 e. The lowest BCUT2D eigenvalue weighted by Crippen LogP contribution is -2.30. The van der Waals surface area contributed by atoms with Crippen molar-refractivity contribution in [2.45, 2.75) is 20.4 Å². The molecule has 1 aromatic heterocycles. The van der Waals surface area contributed by atoms with Crippen molar-refractivity contribution in [2.75, 3.05) is 13.3 Å². The van der Waals surface area contributed by atoms with E-state index in [9.17, 15) is 4.79 Å². The highest BCUT2D eigenvalue weighted by molar-refractivity contribution is 5.95. The molecule has 0 saturated heterocycles. The molecule has 1 aliphatic heterocycles. The molecule has 0 unspecified atom stereocenters. The molecule has 4 rings (SSSR count). The molecule has 2 heterocycles. The van der Waals surface area contributed by atoms with Crippen LogP contribution in [0.25, 0.3) is 11.1 Å². The first-order valence-electron chi connectivity index (χ1n) is 8.72. The Kier molecular flexibility index (Phi) is 4.50. The van der Waals surface area contributed by atoms with Gasteiger partial charge in [0.05, 0.1) is 6.54 Å². The molecule has 2 aromatic carbocycles. The van der Waals surface area contributed by atoms with Crippen LogP contribution in [0.4, 0.5) is 0 Å². The fourth-order valence-corrected chi connectivity index (χ4v) is 2.99. The molecule has 7 nitrogen and oxygen atoms in total. The summed E-state index contributed by atoms with van der Waals surface area (Å²) in [4.78, 5) is 18.8. The van der Waals surface area contributed by atoms with Gasteiger partial charge < -0.3 is 18.9 Å². The summed E-state index contributed by atoms with van der Waals surface area (Å²) in [6, 6.07) is 13.3. The van der Waals surface area contributed by atoms with Crippen molar-refractivity contribution >= 4 is 5.91 Å². The van der Waals surface area contributed by atoms with Gasteiger partial charge in [-0.05, 0) is 42.3 Å². The van der Waals surface area contributed by atoms with Crippen molar-refractivity contribution in [2.24, 2.45) is 0 Å². The second-order valence-corrected chi connectivity index (χ2v) is 6.20. The van der Waals surface area contributed by atoms with E-state index in [4.69, 9.17) is 14.0 Å². The predicted molar refractivity (Wildman–Crippen MR) is 97.5 cm³/mol. The number of aryl methyl sites for hydroxylation is 1. The maximum Gasteiger partial charge on any atom is 0.254 e. The zero-order valence-electron chi connectivity index (χ0n) is 15.1. The number of rotatable bonds is 5. The molecule has 27 heavy (non-hydrogen) atoms. The third-order valence-electron chi connectivity index (χ3n) is 4.39. The van der Waals surface area contributed by atoms with Crippen molar-refractivity contribution in [1.82, 2.24) is 15.0 Å². The van der Waals surface area contributed by atoms with Crippen LogP contribution in [0.1, 0.15) is 29.0 Å². The van der Waals surface area contributed by atoms with E-state index in [1.165, 1.54) is 0 Å². The lowest BCUT2D eigenvalue weighted by atomic mass is 10.0. The van der Waals surface area contributed by atoms with Crippen molar-refractivity contribution in [3.8, 4) is 22.6 Å². The van der Waals surface area contributed by atoms with E-state index < -0.39 is 0 Å². The number of fused-ring (bicyclic) bond motifs is 1. The lowest BCUT2D eigenvalue weighted by molar-refractivity contribution is 0.0747. The van der Waals surface area contributed by atoms with Crippen LogP contribution in [-0.2, 0) is 6.54 Å². The molecule has 7 heteroatoms. The summed E-state index contributed by atoms with van der Waals surface area (Å²) >= 11 is 0. The van der Waals surface area contributed by atoms with Gasteiger partial charge >= 0.3 is 0 Å². The van der Waals surface area contributed by atoms with E-state index in [2.05, 4.69) is 10.1 Å². The van der Waals surface area contributed by atoms with Gasteiger partial charge in [0.2, 0.25) is 12.7 Å². The zero-order valence-corrected chi connectivity index (χ0v) is 15.1. The zero-order chi connectivity index (χ0) is 18.8. The monoisotopic (exact) mass is 365 g/mol. The van der Waals surface area contributed by atoms with Crippen molar-refractivity contribution in [1.29, 1.82) is 0 Å². The van der Waals surface area contributed by atoms with E-state index in [0.717, 1.165) is 16.9 Å². The van der Waals surface area contributed by atoms with Crippen molar-refractivity contribution in [3.05, 3.63) is 59.7 Å². The van der Waals surface area contributed by atoms with Gasteiger partial charge in [0, 0.05) is 19.0 Å². The molecular weight excluding hydrogens is 346 g/mol. The smallest absolute Gasteiger partial charge is 0.254 e.